The third-order valence-electron chi connectivity index (χ3n) is 2.04. The highest BCUT2D eigenvalue weighted by Crippen LogP contribution is 2.25. The van der Waals surface area contributed by atoms with Gasteiger partial charge in [0, 0.05) is 10.5 Å². The fourth-order valence-corrected chi connectivity index (χ4v) is 1.97. The molecule has 1 aromatic carbocycles. The number of hydrogen-bond donors (Lipinski definition) is 1. The summed E-state index contributed by atoms with van der Waals surface area (Å²) in [4.78, 5) is 11.8. The Morgan fingerprint density at radius 1 is 1.47 bits per heavy atom. The van der Waals surface area contributed by atoms with Gasteiger partial charge in [-0.15, -0.1) is 0 Å². The van der Waals surface area contributed by atoms with E-state index < -0.39 is 0 Å². The van der Waals surface area contributed by atoms with Crippen molar-refractivity contribution in [2.45, 2.75) is 6.92 Å². The SMILES string of the molecule is Cc1cc(C(=O)Nc2ccc(Br)cc2Cl)no1. The topological polar surface area (TPSA) is 55.1 Å². The number of amides is 1. The minimum atomic E-state index is -0.355. The van der Waals surface area contributed by atoms with Gasteiger partial charge in [0.15, 0.2) is 5.69 Å². The molecule has 1 N–H and O–H groups in total. The normalized spacial score (nSPS) is 10.3. The van der Waals surface area contributed by atoms with E-state index in [2.05, 4.69) is 26.4 Å². The number of benzene rings is 1. The van der Waals surface area contributed by atoms with Crippen molar-refractivity contribution in [3.8, 4) is 0 Å². The maximum Gasteiger partial charge on any atom is 0.277 e. The van der Waals surface area contributed by atoms with Crippen molar-refractivity contribution in [1.82, 2.24) is 5.16 Å². The van der Waals surface area contributed by atoms with Crippen LogP contribution in [0.5, 0.6) is 0 Å². The molecule has 0 aliphatic heterocycles. The summed E-state index contributed by atoms with van der Waals surface area (Å²) in [5, 5.41) is 6.72. The number of nitrogens with zero attached hydrogens (tertiary/aromatic N) is 1. The Kier molecular flexibility index (Phi) is 3.49. The Labute approximate surface area is 111 Å². The number of hydrogen-bond acceptors (Lipinski definition) is 3. The molecule has 88 valence electrons. The number of carbonyl (C=O) groups excluding carboxylic acids is 1. The number of aromatic nitrogens is 1. The Hall–Kier alpha value is -1.33. The van der Waals surface area contributed by atoms with E-state index in [1.807, 2.05) is 0 Å². The average Bonchev–Trinajstić information content (AvgIpc) is 2.69. The molecule has 1 amide bonds. The van der Waals surface area contributed by atoms with Crippen molar-refractivity contribution in [2.24, 2.45) is 0 Å². The summed E-state index contributed by atoms with van der Waals surface area (Å²) >= 11 is 9.26. The van der Waals surface area contributed by atoms with Gasteiger partial charge in [0.1, 0.15) is 5.76 Å². The van der Waals surface area contributed by atoms with Gasteiger partial charge in [0.2, 0.25) is 0 Å². The van der Waals surface area contributed by atoms with Crippen LogP contribution in [0.2, 0.25) is 5.02 Å². The monoisotopic (exact) mass is 314 g/mol. The number of anilines is 1. The molecule has 1 aromatic heterocycles. The molecule has 0 saturated heterocycles. The van der Waals surface area contributed by atoms with Crippen molar-refractivity contribution in [2.75, 3.05) is 5.32 Å². The first-order valence-electron chi connectivity index (χ1n) is 4.76. The van der Waals surface area contributed by atoms with Gasteiger partial charge in [0.25, 0.3) is 5.91 Å². The smallest absolute Gasteiger partial charge is 0.277 e. The molecule has 0 aliphatic rings. The van der Waals surface area contributed by atoms with E-state index >= 15 is 0 Å². The molecule has 6 heteroatoms. The Morgan fingerprint density at radius 3 is 2.82 bits per heavy atom. The summed E-state index contributed by atoms with van der Waals surface area (Å²) in [6.07, 6.45) is 0. The van der Waals surface area contributed by atoms with E-state index in [9.17, 15) is 4.79 Å². The molecule has 0 radical (unpaired) electrons. The summed E-state index contributed by atoms with van der Waals surface area (Å²) in [6.45, 7) is 1.72. The lowest BCUT2D eigenvalue weighted by molar-refractivity contribution is 0.101. The summed E-state index contributed by atoms with van der Waals surface area (Å²) in [5.41, 5.74) is 0.752. The van der Waals surface area contributed by atoms with Gasteiger partial charge in [0.05, 0.1) is 10.7 Å². The van der Waals surface area contributed by atoms with Crippen LogP contribution < -0.4 is 5.32 Å². The lowest BCUT2D eigenvalue weighted by Crippen LogP contribution is -2.12. The van der Waals surface area contributed by atoms with Crippen LogP contribution in [0.4, 0.5) is 5.69 Å². The first-order chi connectivity index (χ1) is 8.06. The second-order valence-corrected chi connectivity index (χ2v) is 4.72. The van der Waals surface area contributed by atoms with Crippen LogP contribution in [0.25, 0.3) is 0 Å². The van der Waals surface area contributed by atoms with Gasteiger partial charge in [-0.2, -0.15) is 0 Å². The zero-order valence-electron chi connectivity index (χ0n) is 8.83. The molecular weight excluding hydrogens is 307 g/mol. The molecule has 0 unspecified atom stereocenters. The maximum absolute atomic E-state index is 11.8. The fraction of sp³-hybridized carbons (Fsp3) is 0.0909. The van der Waals surface area contributed by atoms with Crippen molar-refractivity contribution in [1.29, 1.82) is 0 Å². The summed E-state index contributed by atoms with van der Waals surface area (Å²) in [5.74, 6) is 0.225. The largest absolute Gasteiger partial charge is 0.361 e. The highest BCUT2D eigenvalue weighted by Gasteiger charge is 2.12. The molecule has 2 rings (SSSR count). The highest BCUT2D eigenvalue weighted by atomic mass is 79.9. The van der Waals surface area contributed by atoms with Gasteiger partial charge in [-0.25, -0.2) is 0 Å². The number of aryl methyl sites for hydroxylation is 1. The van der Waals surface area contributed by atoms with Gasteiger partial charge in [-0.3, -0.25) is 4.79 Å². The van der Waals surface area contributed by atoms with E-state index in [0.29, 0.717) is 16.5 Å². The lowest BCUT2D eigenvalue weighted by Gasteiger charge is -2.05. The predicted octanol–water partition coefficient (Wildman–Crippen LogP) is 3.65. The molecule has 0 fully saturated rings. The summed E-state index contributed by atoms with van der Waals surface area (Å²) in [7, 11) is 0. The number of nitrogens with one attached hydrogen (secondary N) is 1. The molecule has 1 heterocycles. The maximum atomic E-state index is 11.8. The fourth-order valence-electron chi connectivity index (χ4n) is 1.25. The quantitative estimate of drug-likeness (QED) is 0.920. The Balaban J connectivity index is 2.18. The van der Waals surface area contributed by atoms with Crippen molar-refractivity contribution in [3.05, 3.63) is 45.2 Å². The lowest BCUT2D eigenvalue weighted by atomic mass is 10.3. The van der Waals surface area contributed by atoms with Gasteiger partial charge >= 0.3 is 0 Å². The van der Waals surface area contributed by atoms with Crippen molar-refractivity contribution >= 4 is 39.1 Å². The van der Waals surface area contributed by atoms with Crippen LogP contribution >= 0.6 is 27.5 Å². The second kappa shape index (κ2) is 4.89. The standard InChI is InChI=1S/C11H8BrClN2O2/c1-6-4-10(15-17-6)11(16)14-9-3-2-7(12)5-8(9)13/h2-5H,1H3,(H,14,16). The molecule has 17 heavy (non-hydrogen) atoms. The van der Waals surface area contributed by atoms with Crippen molar-refractivity contribution < 1.29 is 9.32 Å². The third kappa shape index (κ3) is 2.87. The average molecular weight is 316 g/mol. The zero-order valence-corrected chi connectivity index (χ0v) is 11.2. The van der Waals surface area contributed by atoms with E-state index in [1.165, 1.54) is 0 Å². The Bertz CT molecular complexity index is 568. The highest BCUT2D eigenvalue weighted by molar-refractivity contribution is 9.10. The molecule has 0 atom stereocenters. The minimum Gasteiger partial charge on any atom is -0.361 e. The Morgan fingerprint density at radius 2 is 2.24 bits per heavy atom. The predicted molar refractivity (Wildman–Crippen MR) is 68.3 cm³/mol. The number of carbonyl (C=O) groups is 1. The molecule has 2 aromatic rings. The molecule has 0 bridgehead atoms. The van der Waals surface area contributed by atoms with Crippen LogP contribution in [0.1, 0.15) is 16.2 Å². The van der Waals surface area contributed by atoms with Crippen LogP contribution in [0.3, 0.4) is 0 Å². The van der Waals surface area contributed by atoms with Crippen molar-refractivity contribution in [3.63, 3.8) is 0 Å². The first kappa shape index (κ1) is 12.1. The minimum absolute atomic E-state index is 0.224. The summed E-state index contributed by atoms with van der Waals surface area (Å²) < 4.78 is 5.67. The number of halogens is 2. The van der Waals surface area contributed by atoms with E-state index in [0.717, 1.165) is 4.47 Å². The molecule has 0 aliphatic carbocycles. The molecular formula is C11H8BrClN2O2. The van der Waals surface area contributed by atoms with Crippen LogP contribution in [0.15, 0.2) is 33.3 Å². The van der Waals surface area contributed by atoms with Crippen LogP contribution in [-0.4, -0.2) is 11.1 Å². The van der Waals surface area contributed by atoms with E-state index in [4.69, 9.17) is 16.1 Å². The van der Waals surface area contributed by atoms with Crippen LogP contribution in [0, 0.1) is 6.92 Å². The summed E-state index contributed by atoms with van der Waals surface area (Å²) in [6, 6.07) is 6.75. The van der Waals surface area contributed by atoms with Gasteiger partial charge < -0.3 is 9.84 Å². The zero-order chi connectivity index (χ0) is 12.4. The molecule has 0 saturated carbocycles. The molecule has 4 nitrogen and oxygen atoms in total. The third-order valence-corrected chi connectivity index (χ3v) is 2.85. The van der Waals surface area contributed by atoms with E-state index in [1.54, 1.807) is 31.2 Å². The van der Waals surface area contributed by atoms with E-state index in [-0.39, 0.29) is 11.6 Å². The van der Waals surface area contributed by atoms with Gasteiger partial charge in [-0.05, 0) is 25.1 Å². The number of rotatable bonds is 2. The molecule has 0 spiro atoms. The first-order valence-corrected chi connectivity index (χ1v) is 5.93. The second-order valence-electron chi connectivity index (χ2n) is 3.40. The van der Waals surface area contributed by atoms with Gasteiger partial charge in [-0.1, -0.05) is 32.7 Å². The van der Waals surface area contributed by atoms with Crippen LogP contribution in [-0.2, 0) is 0 Å².